The van der Waals surface area contributed by atoms with Crippen LogP contribution in [0.15, 0.2) is 42.7 Å². The Balaban J connectivity index is 1.60. The summed E-state index contributed by atoms with van der Waals surface area (Å²) in [6, 6.07) is 7.35. The number of hydrogen-bond acceptors (Lipinski definition) is 8. The van der Waals surface area contributed by atoms with Gasteiger partial charge in [-0.15, -0.1) is 0 Å². The summed E-state index contributed by atoms with van der Waals surface area (Å²) in [6.45, 7) is 10.1. The Hall–Kier alpha value is -2.80. The molecule has 1 saturated carbocycles. The molecule has 2 heterocycles. The van der Waals surface area contributed by atoms with Crippen LogP contribution in [0.5, 0.6) is 0 Å². The van der Waals surface area contributed by atoms with Crippen molar-refractivity contribution >= 4 is 21.7 Å². The number of β-amino-alcohol motifs (C(OH)–C–C–N with tert-alkyl or cyclic N) is 1. The zero-order valence-electron chi connectivity index (χ0n) is 29.2. The van der Waals surface area contributed by atoms with E-state index < -0.39 is 44.2 Å². The predicted octanol–water partition coefficient (Wildman–Crippen LogP) is 2.59. The second-order valence-corrected chi connectivity index (χ2v) is 17.9. The van der Waals surface area contributed by atoms with Crippen LogP contribution in [0, 0.1) is 11.8 Å². The zero-order chi connectivity index (χ0) is 34.6. The Bertz CT molecular complexity index is 1450. The van der Waals surface area contributed by atoms with Crippen LogP contribution in [0.4, 0.5) is 0 Å². The lowest BCUT2D eigenvalue weighted by molar-refractivity contribution is -0.133. The third-order valence-corrected chi connectivity index (χ3v) is 12.3. The lowest BCUT2D eigenvalue weighted by atomic mass is 9.72. The number of carbonyl (C=O) groups excluding carboxylic acids is 2. The first-order valence-corrected chi connectivity index (χ1v) is 18.8. The normalized spacial score (nSPS) is 22.9. The summed E-state index contributed by atoms with van der Waals surface area (Å²) >= 11 is 0. The van der Waals surface area contributed by atoms with Crippen LogP contribution < -0.4 is 16.0 Å². The number of hydrogen-bond donors (Lipinski definition) is 4. The van der Waals surface area contributed by atoms with Gasteiger partial charge in [0, 0.05) is 44.3 Å². The molecule has 2 aromatic rings. The van der Waals surface area contributed by atoms with Crippen molar-refractivity contribution in [3.05, 3.63) is 54.1 Å². The molecular formula is C35H56N6O5S. The Morgan fingerprint density at radius 3 is 2.32 bits per heavy atom. The van der Waals surface area contributed by atoms with Gasteiger partial charge in [-0.2, -0.15) is 0 Å². The van der Waals surface area contributed by atoms with Crippen molar-refractivity contribution in [2.24, 2.45) is 18.9 Å². The van der Waals surface area contributed by atoms with Crippen LogP contribution in [0.3, 0.4) is 0 Å². The lowest BCUT2D eigenvalue weighted by Gasteiger charge is -2.47. The van der Waals surface area contributed by atoms with E-state index in [1.165, 1.54) is 26.7 Å². The number of piperidine rings is 1. The minimum absolute atomic E-state index is 0.0363. The summed E-state index contributed by atoms with van der Waals surface area (Å²) in [5, 5.41) is 21.3. The maximum atomic E-state index is 14.1. The standard InChI is InChI=1S/C35H56N6O5S/c1-34(2,3)39-32(43)28-20-25-15-11-12-16-26(25)22-41(28)23-29(42)27(19-24-13-9-8-10-14-24)38-33(44)31(35(4,5)47(7,45)46)37-21-30-36-17-18-40(30)6/h8-10,13-14,17-18,25-29,31,37,42H,11-12,15-16,19-23H2,1-7H3,(H,38,44)(H,39,43)/t25-,26+,27?,28?,29?,31+/m0/s1. The predicted molar refractivity (Wildman–Crippen MR) is 184 cm³/mol. The number of rotatable bonds is 13. The molecule has 6 atom stereocenters. The highest BCUT2D eigenvalue weighted by atomic mass is 32.2. The number of likely N-dealkylation sites (tertiary alicyclic amines) is 1. The van der Waals surface area contributed by atoms with Gasteiger partial charge in [0.05, 0.1) is 29.5 Å². The number of aliphatic hydroxyl groups excluding tert-OH is 1. The van der Waals surface area contributed by atoms with Crippen LogP contribution in [0.25, 0.3) is 0 Å². The van der Waals surface area contributed by atoms with Gasteiger partial charge in [-0.05, 0) is 71.3 Å². The quantitative estimate of drug-likeness (QED) is 0.254. The number of aromatic nitrogens is 2. The van der Waals surface area contributed by atoms with Crippen molar-refractivity contribution in [2.75, 3.05) is 19.3 Å². The van der Waals surface area contributed by atoms with Crippen LogP contribution in [0.1, 0.15) is 78.1 Å². The SMILES string of the molecule is Cn1ccnc1CN[C@H](C(=O)NC(Cc1ccccc1)C(O)CN1C[C@H]2CCCC[C@H]2CC1C(=O)NC(C)(C)C)C(C)(C)S(C)(=O)=O. The number of nitrogens with one attached hydrogen (secondary N) is 3. The highest BCUT2D eigenvalue weighted by Crippen LogP contribution is 2.39. The minimum Gasteiger partial charge on any atom is -0.390 e. The highest BCUT2D eigenvalue weighted by Gasteiger charge is 2.45. The topological polar surface area (TPSA) is 146 Å². The van der Waals surface area contributed by atoms with Gasteiger partial charge in [0.15, 0.2) is 9.84 Å². The largest absolute Gasteiger partial charge is 0.390 e. The number of aryl methyl sites for hydroxylation is 1. The summed E-state index contributed by atoms with van der Waals surface area (Å²) in [4.78, 5) is 34.2. The van der Waals surface area contributed by atoms with Crippen molar-refractivity contribution in [3.63, 3.8) is 0 Å². The number of nitrogens with zero attached hydrogens (tertiary/aromatic N) is 3. The molecule has 12 heteroatoms. The number of sulfone groups is 1. The molecule has 1 saturated heterocycles. The molecule has 2 fully saturated rings. The summed E-state index contributed by atoms with van der Waals surface area (Å²) < 4.78 is 26.3. The van der Waals surface area contributed by atoms with Gasteiger partial charge in [0.25, 0.3) is 0 Å². The first kappa shape index (κ1) is 37.0. The smallest absolute Gasteiger partial charge is 0.239 e. The Morgan fingerprint density at radius 2 is 1.72 bits per heavy atom. The second kappa shape index (κ2) is 15.2. The summed E-state index contributed by atoms with van der Waals surface area (Å²) in [5.41, 5.74) is 0.530. The first-order chi connectivity index (χ1) is 22.0. The molecule has 3 unspecified atom stereocenters. The molecule has 1 aromatic heterocycles. The van der Waals surface area contributed by atoms with Gasteiger partial charge in [0.2, 0.25) is 11.8 Å². The van der Waals surface area contributed by atoms with Crippen molar-refractivity contribution in [1.82, 2.24) is 30.4 Å². The molecule has 262 valence electrons. The van der Waals surface area contributed by atoms with Crippen LogP contribution in [-0.2, 0) is 39.4 Å². The molecule has 11 nitrogen and oxygen atoms in total. The highest BCUT2D eigenvalue weighted by molar-refractivity contribution is 7.92. The molecule has 1 aliphatic heterocycles. The molecule has 2 aliphatic rings. The van der Waals surface area contributed by atoms with E-state index >= 15 is 0 Å². The van der Waals surface area contributed by atoms with E-state index in [1.807, 2.05) is 58.2 Å². The van der Waals surface area contributed by atoms with E-state index in [4.69, 9.17) is 0 Å². The average molecular weight is 673 g/mol. The molecule has 0 radical (unpaired) electrons. The molecule has 4 rings (SSSR count). The monoisotopic (exact) mass is 672 g/mol. The Kier molecular flexibility index (Phi) is 12.0. The van der Waals surface area contributed by atoms with Crippen molar-refractivity contribution in [2.45, 2.75) is 114 Å². The molecule has 4 N–H and O–H groups in total. The van der Waals surface area contributed by atoms with Crippen LogP contribution in [-0.4, -0.2) is 93.7 Å². The number of imidazole rings is 1. The van der Waals surface area contributed by atoms with E-state index in [0.29, 0.717) is 30.6 Å². The molecule has 1 aliphatic carbocycles. The number of benzene rings is 1. The van der Waals surface area contributed by atoms with Gasteiger partial charge in [0.1, 0.15) is 11.9 Å². The van der Waals surface area contributed by atoms with Crippen LogP contribution >= 0.6 is 0 Å². The maximum absolute atomic E-state index is 14.1. The fraction of sp³-hybridized carbons (Fsp3) is 0.686. The van der Waals surface area contributed by atoms with Gasteiger partial charge < -0.3 is 20.3 Å². The number of carbonyl (C=O) groups is 2. The van der Waals surface area contributed by atoms with Crippen LogP contribution in [0.2, 0.25) is 0 Å². The fourth-order valence-corrected chi connectivity index (χ4v) is 7.66. The average Bonchev–Trinajstić information content (AvgIpc) is 3.39. The summed E-state index contributed by atoms with van der Waals surface area (Å²) in [7, 11) is -1.86. The number of fused-ring (bicyclic) bond motifs is 1. The van der Waals surface area contributed by atoms with E-state index in [9.17, 15) is 23.1 Å². The summed E-state index contributed by atoms with van der Waals surface area (Å²) in [6.07, 6.45) is 9.19. The Labute approximate surface area is 281 Å². The summed E-state index contributed by atoms with van der Waals surface area (Å²) in [5.74, 6) is 1.04. The van der Waals surface area contributed by atoms with Gasteiger partial charge >= 0.3 is 0 Å². The molecule has 1 aromatic carbocycles. The fourth-order valence-electron chi connectivity index (χ4n) is 7.04. The minimum atomic E-state index is -3.69. The van der Waals surface area contributed by atoms with Crippen molar-refractivity contribution in [1.29, 1.82) is 0 Å². The zero-order valence-corrected chi connectivity index (χ0v) is 30.0. The molecule has 2 amide bonds. The third kappa shape index (κ3) is 9.64. The molecule has 0 bridgehead atoms. The molecule has 47 heavy (non-hydrogen) atoms. The van der Waals surface area contributed by atoms with Crippen molar-refractivity contribution < 1.29 is 23.1 Å². The van der Waals surface area contributed by atoms with Gasteiger partial charge in [-0.25, -0.2) is 13.4 Å². The number of amides is 2. The second-order valence-electron chi connectivity index (χ2n) is 15.3. The Morgan fingerprint density at radius 1 is 1.06 bits per heavy atom. The molecular weight excluding hydrogens is 616 g/mol. The van der Waals surface area contributed by atoms with E-state index in [0.717, 1.165) is 31.1 Å². The van der Waals surface area contributed by atoms with Gasteiger partial charge in [-0.3, -0.25) is 19.8 Å². The molecule has 0 spiro atoms. The lowest BCUT2D eigenvalue weighted by Crippen LogP contribution is -2.63. The maximum Gasteiger partial charge on any atom is 0.239 e. The van der Waals surface area contributed by atoms with Gasteiger partial charge in [-0.1, -0.05) is 49.6 Å². The number of aliphatic hydroxyl groups is 1. The van der Waals surface area contributed by atoms with E-state index in [-0.39, 0.29) is 25.0 Å². The van der Waals surface area contributed by atoms with E-state index in [2.05, 4.69) is 25.8 Å². The first-order valence-electron chi connectivity index (χ1n) is 16.9. The van der Waals surface area contributed by atoms with Crippen molar-refractivity contribution in [3.8, 4) is 0 Å². The third-order valence-electron chi connectivity index (χ3n) is 10.1. The van der Waals surface area contributed by atoms with E-state index in [1.54, 1.807) is 17.0 Å².